The summed E-state index contributed by atoms with van der Waals surface area (Å²) >= 11 is 0. The molecule has 0 aliphatic rings. The second kappa shape index (κ2) is 6.16. The number of esters is 1. The van der Waals surface area contributed by atoms with Gasteiger partial charge in [-0.25, -0.2) is 0 Å². The first kappa shape index (κ1) is 11.6. The Hall–Kier alpha value is -1.39. The lowest BCUT2D eigenvalue weighted by Crippen LogP contribution is -2.15. The van der Waals surface area contributed by atoms with Crippen molar-refractivity contribution in [1.29, 1.82) is 0 Å². The standard InChI is InChI=1S/C8H12O5/c1-13-7(10)4-2-3-6(5-9)8(11)12/h5-6H,2-4H2,1H3,(H,11,12). The molecule has 1 N–H and O–H groups in total. The van der Waals surface area contributed by atoms with E-state index in [0.717, 1.165) is 0 Å². The average molecular weight is 188 g/mol. The number of ether oxygens (including phenoxy) is 1. The van der Waals surface area contributed by atoms with E-state index in [9.17, 15) is 14.4 Å². The van der Waals surface area contributed by atoms with Crippen molar-refractivity contribution >= 4 is 18.2 Å². The van der Waals surface area contributed by atoms with Crippen LogP contribution in [0.5, 0.6) is 0 Å². The van der Waals surface area contributed by atoms with Crippen molar-refractivity contribution in [2.75, 3.05) is 7.11 Å². The molecule has 0 aliphatic heterocycles. The van der Waals surface area contributed by atoms with E-state index < -0.39 is 17.9 Å². The molecule has 1 unspecified atom stereocenters. The van der Waals surface area contributed by atoms with Crippen LogP contribution in [-0.2, 0) is 19.1 Å². The SMILES string of the molecule is COC(=O)CCCC(C=O)C(=O)O. The minimum Gasteiger partial charge on any atom is -0.481 e. The van der Waals surface area contributed by atoms with E-state index in [1.807, 2.05) is 0 Å². The maximum absolute atomic E-state index is 10.6. The fraction of sp³-hybridized carbons (Fsp3) is 0.625. The van der Waals surface area contributed by atoms with Crippen LogP contribution in [-0.4, -0.2) is 30.4 Å². The molecule has 0 spiro atoms. The van der Waals surface area contributed by atoms with E-state index in [2.05, 4.69) is 4.74 Å². The summed E-state index contributed by atoms with van der Waals surface area (Å²) in [4.78, 5) is 31.1. The lowest BCUT2D eigenvalue weighted by molar-refractivity contribution is -0.145. The van der Waals surface area contributed by atoms with Crippen LogP contribution in [0.3, 0.4) is 0 Å². The molecule has 1 atom stereocenters. The van der Waals surface area contributed by atoms with Gasteiger partial charge in [0, 0.05) is 6.42 Å². The largest absolute Gasteiger partial charge is 0.481 e. The summed E-state index contributed by atoms with van der Waals surface area (Å²) in [5.74, 6) is -2.56. The molecule has 5 heteroatoms. The van der Waals surface area contributed by atoms with Crippen LogP contribution in [0.15, 0.2) is 0 Å². The third-order valence-electron chi connectivity index (χ3n) is 1.61. The Labute approximate surface area is 75.7 Å². The van der Waals surface area contributed by atoms with E-state index in [1.165, 1.54) is 7.11 Å². The highest BCUT2D eigenvalue weighted by molar-refractivity contribution is 5.86. The zero-order valence-electron chi connectivity index (χ0n) is 7.36. The van der Waals surface area contributed by atoms with Gasteiger partial charge in [-0.2, -0.15) is 0 Å². The highest BCUT2D eigenvalue weighted by Crippen LogP contribution is 2.06. The monoisotopic (exact) mass is 188 g/mol. The number of hydrogen-bond donors (Lipinski definition) is 1. The Balaban J connectivity index is 3.67. The number of carboxylic acids is 1. The van der Waals surface area contributed by atoms with Gasteiger partial charge < -0.3 is 14.6 Å². The number of carbonyl (C=O) groups excluding carboxylic acids is 2. The number of hydrogen-bond acceptors (Lipinski definition) is 4. The summed E-state index contributed by atoms with van der Waals surface area (Å²) in [5.41, 5.74) is 0. The molecule has 0 fully saturated rings. The number of carboxylic acid groups (broad SMARTS) is 1. The first-order chi connectivity index (χ1) is 6.11. The molecule has 0 aromatic heterocycles. The maximum atomic E-state index is 10.6. The molecule has 0 aromatic rings. The highest BCUT2D eigenvalue weighted by atomic mass is 16.5. The van der Waals surface area contributed by atoms with Gasteiger partial charge in [0.05, 0.1) is 7.11 Å². The summed E-state index contributed by atoms with van der Waals surface area (Å²) < 4.78 is 4.35. The van der Waals surface area contributed by atoms with Crippen molar-refractivity contribution in [2.24, 2.45) is 5.92 Å². The Morgan fingerprint density at radius 1 is 1.54 bits per heavy atom. The number of methoxy groups -OCH3 is 1. The first-order valence-electron chi connectivity index (χ1n) is 3.86. The number of carbonyl (C=O) groups is 3. The van der Waals surface area contributed by atoms with E-state index in [-0.39, 0.29) is 12.8 Å². The molecule has 0 aliphatic carbocycles. The molecule has 5 nitrogen and oxygen atoms in total. The number of rotatable bonds is 6. The highest BCUT2D eigenvalue weighted by Gasteiger charge is 2.16. The average Bonchev–Trinajstić information content (AvgIpc) is 2.11. The quantitative estimate of drug-likeness (QED) is 0.366. The lowest BCUT2D eigenvalue weighted by Gasteiger charge is -2.03. The molecule has 0 aromatic carbocycles. The van der Waals surface area contributed by atoms with Crippen LogP contribution < -0.4 is 0 Å². The summed E-state index contributed by atoms with van der Waals surface area (Å²) in [7, 11) is 1.26. The maximum Gasteiger partial charge on any atom is 0.313 e. The normalized spacial score (nSPS) is 11.8. The van der Waals surface area contributed by atoms with Crippen molar-refractivity contribution in [2.45, 2.75) is 19.3 Å². The molecule has 0 radical (unpaired) electrons. The molecular weight excluding hydrogens is 176 g/mol. The summed E-state index contributed by atoms with van der Waals surface area (Å²) in [6.07, 6.45) is 1.05. The molecule has 74 valence electrons. The van der Waals surface area contributed by atoms with Crippen LogP contribution in [0.1, 0.15) is 19.3 Å². The molecule has 0 saturated carbocycles. The fourth-order valence-corrected chi connectivity index (χ4v) is 0.818. The minimum absolute atomic E-state index is 0.147. The van der Waals surface area contributed by atoms with E-state index in [0.29, 0.717) is 12.7 Å². The molecule has 13 heavy (non-hydrogen) atoms. The molecule has 0 amide bonds. The first-order valence-corrected chi connectivity index (χ1v) is 3.86. The van der Waals surface area contributed by atoms with Gasteiger partial charge in [-0.15, -0.1) is 0 Å². The Kier molecular flexibility index (Phi) is 5.50. The Bertz CT molecular complexity index is 199. The zero-order valence-corrected chi connectivity index (χ0v) is 7.36. The third-order valence-corrected chi connectivity index (χ3v) is 1.61. The zero-order chi connectivity index (χ0) is 10.3. The van der Waals surface area contributed by atoms with E-state index >= 15 is 0 Å². The van der Waals surface area contributed by atoms with Gasteiger partial charge in [-0.3, -0.25) is 9.59 Å². The molecule has 0 saturated heterocycles. The summed E-state index contributed by atoms with van der Waals surface area (Å²) in [5, 5.41) is 8.45. The Morgan fingerprint density at radius 2 is 2.15 bits per heavy atom. The van der Waals surface area contributed by atoms with Gasteiger partial charge in [0.1, 0.15) is 12.2 Å². The molecular formula is C8H12O5. The summed E-state index contributed by atoms with van der Waals surface area (Å²) in [6, 6.07) is 0. The van der Waals surface area contributed by atoms with Crippen molar-refractivity contribution < 1.29 is 24.2 Å². The van der Waals surface area contributed by atoms with Gasteiger partial charge >= 0.3 is 11.9 Å². The topological polar surface area (TPSA) is 80.7 Å². The third kappa shape index (κ3) is 4.95. The van der Waals surface area contributed by atoms with Crippen molar-refractivity contribution in [3.8, 4) is 0 Å². The van der Waals surface area contributed by atoms with Crippen LogP contribution in [0.4, 0.5) is 0 Å². The van der Waals surface area contributed by atoms with E-state index in [4.69, 9.17) is 5.11 Å². The van der Waals surface area contributed by atoms with Crippen LogP contribution in [0.25, 0.3) is 0 Å². The van der Waals surface area contributed by atoms with Gasteiger partial charge in [0.25, 0.3) is 0 Å². The Morgan fingerprint density at radius 3 is 2.54 bits per heavy atom. The second-order valence-corrected chi connectivity index (χ2v) is 2.55. The predicted octanol–water partition coefficient (Wildman–Crippen LogP) is 0.229. The van der Waals surface area contributed by atoms with Crippen LogP contribution in [0, 0.1) is 5.92 Å². The molecule has 0 rings (SSSR count). The van der Waals surface area contributed by atoms with Crippen molar-refractivity contribution in [1.82, 2.24) is 0 Å². The van der Waals surface area contributed by atoms with Gasteiger partial charge in [-0.1, -0.05) is 0 Å². The van der Waals surface area contributed by atoms with Gasteiger partial charge in [0.15, 0.2) is 0 Å². The van der Waals surface area contributed by atoms with E-state index in [1.54, 1.807) is 0 Å². The van der Waals surface area contributed by atoms with Crippen LogP contribution >= 0.6 is 0 Å². The number of aliphatic carboxylic acids is 1. The lowest BCUT2D eigenvalue weighted by atomic mass is 10.0. The minimum atomic E-state index is -1.15. The fourth-order valence-electron chi connectivity index (χ4n) is 0.818. The van der Waals surface area contributed by atoms with Crippen molar-refractivity contribution in [3.63, 3.8) is 0 Å². The van der Waals surface area contributed by atoms with Gasteiger partial charge in [0.2, 0.25) is 0 Å². The van der Waals surface area contributed by atoms with Gasteiger partial charge in [-0.05, 0) is 12.8 Å². The predicted molar refractivity (Wildman–Crippen MR) is 43.1 cm³/mol. The summed E-state index contributed by atoms with van der Waals surface area (Å²) in [6.45, 7) is 0. The second-order valence-electron chi connectivity index (χ2n) is 2.55. The van der Waals surface area contributed by atoms with Crippen molar-refractivity contribution in [3.05, 3.63) is 0 Å². The molecule has 0 heterocycles. The smallest absolute Gasteiger partial charge is 0.313 e. The molecule has 0 bridgehead atoms. The van der Waals surface area contributed by atoms with Crippen LogP contribution in [0.2, 0.25) is 0 Å². The number of aldehydes is 1.